The van der Waals surface area contributed by atoms with E-state index in [1.807, 2.05) is 13.8 Å². The van der Waals surface area contributed by atoms with E-state index in [9.17, 15) is 0 Å². The van der Waals surface area contributed by atoms with Crippen molar-refractivity contribution in [2.24, 2.45) is 0 Å². The second-order valence-electron chi connectivity index (χ2n) is 5.27. The summed E-state index contributed by atoms with van der Waals surface area (Å²) in [5.74, 6) is 0. The van der Waals surface area contributed by atoms with Crippen molar-refractivity contribution in [1.29, 1.82) is 0 Å². The highest BCUT2D eigenvalue weighted by Gasteiger charge is 2.17. The molecule has 2 aliphatic rings. The molecule has 2 heterocycles. The summed E-state index contributed by atoms with van der Waals surface area (Å²) >= 11 is 0. The van der Waals surface area contributed by atoms with Crippen LogP contribution >= 0.6 is 0 Å². The average molecular weight is 286 g/mol. The van der Waals surface area contributed by atoms with Crippen LogP contribution in [0.1, 0.15) is 13.8 Å². The molecule has 0 radical (unpaired) electrons. The Bertz CT molecular complexity index is 214. The third-order valence-electron chi connectivity index (χ3n) is 4.02. The summed E-state index contributed by atoms with van der Waals surface area (Å²) < 4.78 is 5.13. The summed E-state index contributed by atoms with van der Waals surface area (Å²) in [6.07, 6.45) is 0. The van der Waals surface area contributed by atoms with Crippen LogP contribution in [-0.2, 0) is 4.74 Å². The topological polar surface area (TPSA) is 31.0 Å². The quantitative estimate of drug-likeness (QED) is 0.753. The van der Waals surface area contributed by atoms with Gasteiger partial charge in [-0.05, 0) is 0 Å². The van der Waals surface area contributed by atoms with Gasteiger partial charge >= 0.3 is 0 Å². The number of piperazine rings is 2. The first-order valence-corrected chi connectivity index (χ1v) is 8.25. The number of methoxy groups -OCH3 is 1. The number of hydrogen-bond donors (Lipinski definition) is 1. The van der Waals surface area contributed by atoms with Crippen molar-refractivity contribution in [3.05, 3.63) is 0 Å². The summed E-state index contributed by atoms with van der Waals surface area (Å²) in [5, 5.41) is 3.40. The largest absolute Gasteiger partial charge is 0.383 e. The van der Waals surface area contributed by atoms with Crippen LogP contribution < -0.4 is 5.32 Å². The first kappa shape index (κ1) is 17.9. The van der Waals surface area contributed by atoms with Crippen molar-refractivity contribution < 1.29 is 4.74 Å². The van der Waals surface area contributed by atoms with Gasteiger partial charge in [0.25, 0.3) is 0 Å². The zero-order valence-electron chi connectivity index (χ0n) is 13.7. The number of nitrogens with zero attached hydrogens (tertiary/aromatic N) is 3. The van der Waals surface area contributed by atoms with Gasteiger partial charge in [-0.3, -0.25) is 14.7 Å². The molecule has 0 bridgehead atoms. The lowest BCUT2D eigenvalue weighted by atomic mass is 10.3. The number of rotatable bonds is 6. The molecule has 5 heteroatoms. The molecule has 0 unspecified atom stereocenters. The van der Waals surface area contributed by atoms with Crippen LogP contribution in [0.5, 0.6) is 0 Å². The van der Waals surface area contributed by atoms with E-state index in [0.29, 0.717) is 0 Å². The van der Waals surface area contributed by atoms with Crippen molar-refractivity contribution in [1.82, 2.24) is 20.0 Å². The number of ether oxygens (including phenoxy) is 1. The van der Waals surface area contributed by atoms with E-state index in [4.69, 9.17) is 4.74 Å². The SMILES string of the molecule is CC.COCCN1CCN(CCN2CCNCC2)CC1. The summed E-state index contributed by atoms with van der Waals surface area (Å²) in [4.78, 5) is 7.68. The molecule has 0 aromatic carbocycles. The molecule has 2 aliphatic heterocycles. The van der Waals surface area contributed by atoms with E-state index >= 15 is 0 Å². The molecule has 20 heavy (non-hydrogen) atoms. The highest BCUT2D eigenvalue weighted by molar-refractivity contribution is 4.74. The van der Waals surface area contributed by atoms with Crippen molar-refractivity contribution in [3.63, 3.8) is 0 Å². The van der Waals surface area contributed by atoms with Crippen molar-refractivity contribution in [3.8, 4) is 0 Å². The van der Waals surface area contributed by atoms with Gasteiger partial charge in [0.1, 0.15) is 0 Å². The van der Waals surface area contributed by atoms with Gasteiger partial charge in [0.15, 0.2) is 0 Å². The van der Waals surface area contributed by atoms with Crippen LogP contribution in [0.25, 0.3) is 0 Å². The number of hydrogen-bond acceptors (Lipinski definition) is 5. The second kappa shape index (κ2) is 11.5. The van der Waals surface area contributed by atoms with E-state index in [1.165, 1.54) is 52.4 Å². The van der Waals surface area contributed by atoms with Crippen LogP contribution in [0.4, 0.5) is 0 Å². The molecule has 0 saturated carbocycles. The fraction of sp³-hybridized carbons (Fsp3) is 1.00. The predicted molar refractivity (Wildman–Crippen MR) is 85.4 cm³/mol. The lowest BCUT2D eigenvalue weighted by Crippen LogP contribution is -2.51. The molecule has 0 aromatic rings. The third-order valence-corrected chi connectivity index (χ3v) is 4.02. The summed E-state index contributed by atoms with van der Waals surface area (Å²) in [6, 6.07) is 0. The Morgan fingerprint density at radius 1 is 0.750 bits per heavy atom. The summed E-state index contributed by atoms with van der Waals surface area (Å²) in [6.45, 7) is 18.0. The molecule has 2 fully saturated rings. The Hall–Kier alpha value is -0.200. The fourth-order valence-electron chi connectivity index (χ4n) is 2.67. The van der Waals surface area contributed by atoms with Gasteiger partial charge in [-0.15, -0.1) is 0 Å². The second-order valence-corrected chi connectivity index (χ2v) is 5.27. The molecule has 0 aliphatic carbocycles. The third kappa shape index (κ3) is 6.99. The highest BCUT2D eigenvalue weighted by atomic mass is 16.5. The van der Waals surface area contributed by atoms with Crippen LogP contribution in [0.2, 0.25) is 0 Å². The Morgan fingerprint density at radius 3 is 1.70 bits per heavy atom. The zero-order chi connectivity index (χ0) is 14.6. The van der Waals surface area contributed by atoms with E-state index < -0.39 is 0 Å². The molecule has 1 N–H and O–H groups in total. The normalized spacial score (nSPS) is 22.4. The predicted octanol–water partition coefficient (Wildman–Crippen LogP) is 0.182. The molecule has 2 rings (SSSR count). The Balaban J connectivity index is 0.000000956. The van der Waals surface area contributed by atoms with E-state index in [0.717, 1.165) is 26.2 Å². The van der Waals surface area contributed by atoms with Crippen LogP contribution in [0, 0.1) is 0 Å². The van der Waals surface area contributed by atoms with E-state index in [-0.39, 0.29) is 0 Å². The van der Waals surface area contributed by atoms with Gasteiger partial charge in [-0.1, -0.05) is 13.8 Å². The maximum atomic E-state index is 5.13. The van der Waals surface area contributed by atoms with Crippen LogP contribution in [0.3, 0.4) is 0 Å². The van der Waals surface area contributed by atoms with Crippen molar-refractivity contribution in [2.45, 2.75) is 13.8 Å². The Kier molecular flexibility index (Phi) is 10.2. The van der Waals surface area contributed by atoms with Gasteiger partial charge in [0.2, 0.25) is 0 Å². The molecule has 0 atom stereocenters. The molecule has 0 aromatic heterocycles. The van der Waals surface area contributed by atoms with Crippen molar-refractivity contribution in [2.75, 3.05) is 85.7 Å². The lowest BCUT2D eigenvalue weighted by Gasteiger charge is -2.36. The molecular weight excluding hydrogens is 252 g/mol. The molecule has 0 amide bonds. The molecule has 0 spiro atoms. The van der Waals surface area contributed by atoms with Crippen LogP contribution in [-0.4, -0.2) is 100 Å². The first-order chi connectivity index (χ1) is 9.88. The standard InChI is InChI=1S/C13H28N4O.C2H6/c1-18-13-12-17-10-8-16(9-11-17)7-6-15-4-2-14-3-5-15;1-2/h14H,2-13H2,1H3;1-2H3. The lowest BCUT2D eigenvalue weighted by molar-refractivity contribution is 0.0893. The van der Waals surface area contributed by atoms with Crippen molar-refractivity contribution >= 4 is 0 Å². The average Bonchev–Trinajstić information content (AvgIpc) is 2.55. The fourth-order valence-corrected chi connectivity index (χ4v) is 2.67. The minimum atomic E-state index is 0.862. The molecular formula is C15H34N4O. The maximum Gasteiger partial charge on any atom is 0.0589 e. The van der Waals surface area contributed by atoms with E-state index in [2.05, 4.69) is 20.0 Å². The monoisotopic (exact) mass is 286 g/mol. The Morgan fingerprint density at radius 2 is 1.20 bits per heavy atom. The summed E-state index contributed by atoms with van der Waals surface area (Å²) in [7, 11) is 1.78. The van der Waals surface area contributed by atoms with Gasteiger partial charge in [0.05, 0.1) is 6.61 Å². The summed E-state index contributed by atoms with van der Waals surface area (Å²) in [5.41, 5.74) is 0. The molecule has 120 valence electrons. The van der Waals surface area contributed by atoms with Gasteiger partial charge < -0.3 is 10.1 Å². The zero-order valence-corrected chi connectivity index (χ0v) is 13.7. The molecule has 2 saturated heterocycles. The van der Waals surface area contributed by atoms with Crippen LogP contribution in [0.15, 0.2) is 0 Å². The van der Waals surface area contributed by atoms with Gasteiger partial charge in [-0.2, -0.15) is 0 Å². The first-order valence-electron chi connectivity index (χ1n) is 8.25. The van der Waals surface area contributed by atoms with E-state index in [1.54, 1.807) is 7.11 Å². The number of nitrogens with one attached hydrogen (secondary N) is 1. The minimum Gasteiger partial charge on any atom is -0.383 e. The Labute approximate surface area is 125 Å². The highest BCUT2D eigenvalue weighted by Crippen LogP contribution is 2.02. The smallest absolute Gasteiger partial charge is 0.0589 e. The maximum absolute atomic E-state index is 5.13. The molecule has 5 nitrogen and oxygen atoms in total. The minimum absolute atomic E-state index is 0.862. The van der Waals surface area contributed by atoms with Gasteiger partial charge in [-0.25, -0.2) is 0 Å². The van der Waals surface area contributed by atoms with Gasteiger partial charge in [0, 0.05) is 79.1 Å².